The molecule has 1 fully saturated rings. The molecule has 1 aromatic carbocycles. The predicted molar refractivity (Wildman–Crippen MR) is 82.3 cm³/mol. The van der Waals surface area contributed by atoms with Gasteiger partial charge in [-0.2, -0.15) is 0 Å². The third kappa shape index (κ3) is 2.57. The highest BCUT2D eigenvalue weighted by Gasteiger charge is 2.35. The van der Waals surface area contributed by atoms with E-state index in [1.807, 2.05) is 12.1 Å². The molecule has 0 saturated carbocycles. The fourth-order valence-corrected chi connectivity index (χ4v) is 3.28. The van der Waals surface area contributed by atoms with Crippen LogP contribution >= 0.6 is 11.6 Å². The van der Waals surface area contributed by atoms with E-state index in [0.29, 0.717) is 16.0 Å². The Morgan fingerprint density at radius 1 is 1.42 bits per heavy atom. The molecular formula is C15H22ClN3. The second-order valence-corrected chi connectivity index (χ2v) is 5.83. The van der Waals surface area contributed by atoms with Crippen molar-refractivity contribution in [1.82, 2.24) is 0 Å². The van der Waals surface area contributed by atoms with E-state index in [1.165, 1.54) is 19.3 Å². The van der Waals surface area contributed by atoms with Crippen LogP contribution in [0, 0.1) is 10.8 Å². The van der Waals surface area contributed by atoms with E-state index in [0.717, 1.165) is 18.8 Å². The molecule has 0 radical (unpaired) electrons. The molecule has 1 saturated heterocycles. The second-order valence-electron chi connectivity index (χ2n) is 5.43. The predicted octanol–water partition coefficient (Wildman–Crippen LogP) is 3.64. The summed E-state index contributed by atoms with van der Waals surface area (Å²) in [6, 6.07) is 5.75. The molecule has 104 valence electrons. The molecule has 1 heterocycles. The summed E-state index contributed by atoms with van der Waals surface area (Å²) in [6.45, 7) is 6.57. The van der Waals surface area contributed by atoms with Crippen molar-refractivity contribution in [2.24, 2.45) is 11.1 Å². The van der Waals surface area contributed by atoms with E-state index in [4.69, 9.17) is 22.7 Å². The maximum absolute atomic E-state index is 7.74. The monoisotopic (exact) mass is 279 g/mol. The minimum atomic E-state index is 0.0473. The molecule has 0 aliphatic carbocycles. The number of anilines is 1. The standard InChI is InChI=1S/C15H22ClN3/c1-3-15(4-2)8-9-19(10-15)12-7-5-6-11(16)13(12)14(17)18/h5-7H,3-4,8-10H2,1-2H3,(H3,17,18). The number of hydrogen-bond acceptors (Lipinski definition) is 2. The van der Waals surface area contributed by atoms with Crippen LogP contribution in [0.2, 0.25) is 5.02 Å². The molecule has 0 amide bonds. The van der Waals surface area contributed by atoms with E-state index < -0.39 is 0 Å². The van der Waals surface area contributed by atoms with Gasteiger partial charge in [0, 0.05) is 18.8 Å². The number of hydrogen-bond donors (Lipinski definition) is 2. The van der Waals surface area contributed by atoms with Crippen molar-refractivity contribution in [2.75, 3.05) is 18.0 Å². The summed E-state index contributed by atoms with van der Waals surface area (Å²) in [5.41, 5.74) is 7.76. The van der Waals surface area contributed by atoms with E-state index in [-0.39, 0.29) is 5.84 Å². The third-order valence-corrected chi connectivity index (χ3v) is 4.85. The van der Waals surface area contributed by atoms with Gasteiger partial charge < -0.3 is 10.6 Å². The van der Waals surface area contributed by atoms with E-state index in [2.05, 4.69) is 18.7 Å². The minimum Gasteiger partial charge on any atom is -0.384 e. The molecule has 0 spiro atoms. The Balaban J connectivity index is 2.34. The molecule has 2 rings (SSSR count). The van der Waals surface area contributed by atoms with Crippen molar-refractivity contribution >= 4 is 23.1 Å². The number of nitrogens with two attached hydrogens (primary N) is 1. The number of amidine groups is 1. The Bertz CT molecular complexity index is 480. The SMILES string of the molecule is CCC1(CC)CCN(c2cccc(Cl)c2C(=N)N)C1. The zero-order valence-corrected chi connectivity index (χ0v) is 12.4. The Kier molecular flexibility index (Phi) is 4.04. The lowest BCUT2D eigenvalue weighted by atomic mass is 9.82. The van der Waals surface area contributed by atoms with Gasteiger partial charge in [-0.1, -0.05) is 31.5 Å². The Labute approximate surface area is 120 Å². The van der Waals surface area contributed by atoms with Gasteiger partial charge >= 0.3 is 0 Å². The van der Waals surface area contributed by atoms with Crippen molar-refractivity contribution in [1.29, 1.82) is 5.41 Å². The van der Waals surface area contributed by atoms with Crippen LogP contribution in [0.4, 0.5) is 5.69 Å². The summed E-state index contributed by atoms with van der Waals surface area (Å²) >= 11 is 6.19. The molecular weight excluding hydrogens is 258 g/mol. The highest BCUT2D eigenvalue weighted by molar-refractivity contribution is 6.34. The number of nitrogen functional groups attached to an aromatic ring is 1. The van der Waals surface area contributed by atoms with Gasteiger partial charge in [0.15, 0.2) is 0 Å². The highest BCUT2D eigenvalue weighted by atomic mass is 35.5. The van der Waals surface area contributed by atoms with E-state index in [1.54, 1.807) is 6.07 Å². The lowest BCUT2D eigenvalue weighted by molar-refractivity contribution is 0.301. The topological polar surface area (TPSA) is 53.1 Å². The van der Waals surface area contributed by atoms with Crippen LogP contribution in [0.15, 0.2) is 18.2 Å². The van der Waals surface area contributed by atoms with E-state index in [9.17, 15) is 0 Å². The van der Waals surface area contributed by atoms with Crippen LogP contribution in [0.3, 0.4) is 0 Å². The van der Waals surface area contributed by atoms with Gasteiger partial charge in [0.25, 0.3) is 0 Å². The number of halogens is 1. The first-order valence-electron chi connectivity index (χ1n) is 6.91. The maximum atomic E-state index is 7.74. The van der Waals surface area contributed by atoms with Gasteiger partial charge in [-0.15, -0.1) is 0 Å². The smallest absolute Gasteiger partial charge is 0.126 e. The summed E-state index contributed by atoms with van der Waals surface area (Å²) in [4.78, 5) is 2.33. The van der Waals surface area contributed by atoms with Crippen LogP contribution in [-0.2, 0) is 0 Å². The molecule has 0 aromatic heterocycles. The lowest BCUT2D eigenvalue weighted by Gasteiger charge is -2.28. The Hall–Kier alpha value is -1.22. The number of nitrogens with one attached hydrogen (secondary N) is 1. The minimum absolute atomic E-state index is 0.0473. The maximum Gasteiger partial charge on any atom is 0.126 e. The van der Waals surface area contributed by atoms with Crippen LogP contribution in [0.1, 0.15) is 38.7 Å². The molecule has 1 aliphatic heterocycles. The van der Waals surface area contributed by atoms with E-state index >= 15 is 0 Å². The average molecular weight is 280 g/mol. The normalized spacial score (nSPS) is 17.7. The first-order valence-corrected chi connectivity index (χ1v) is 7.28. The fourth-order valence-electron chi connectivity index (χ4n) is 3.01. The zero-order chi connectivity index (χ0) is 14.0. The summed E-state index contributed by atoms with van der Waals surface area (Å²) in [5, 5.41) is 8.30. The van der Waals surface area contributed by atoms with Crippen molar-refractivity contribution in [3.05, 3.63) is 28.8 Å². The Morgan fingerprint density at radius 3 is 2.63 bits per heavy atom. The molecule has 1 aromatic rings. The van der Waals surface area contributed by atoms with Crippen molar-refractivity contribution in [3.8, 4) is 0 Å². The summed E-state index contributed by atoms with van der Waals surface area (Å²) in [6.07, 6.45) is 3.58. The zero-order valence-electron chi connectivity index (χ0n) is 11.7. The molecule has 4 heteroatoms. The molecule has 3 N–H and O–H groups in total. The number of rotatable bonds is 4. The number of nitrogens with zero attached hydrogens (tertiary/aromatic N) is 1. The molecule has 19 heavy (non-hydrogen) atoms. The summed E-state index contributed by atoms with van der Waals surface area (Å²) < 4.78 is 0. The molecule has 0 bridgehead atoms. The van der Waals surface area contributed by atoms with Crippen molar-refractivity contribution in [3.63, 3.8) is 0 Å². The van der Waals surface area contributed by atoms with Gasteiger partial charge in [0.05, 0.1) is 10.6 Å². The van der Waals surface area contributed by atoms with Gasteiger partial charge in [-0.25, -0.2) is 0 Å². The average Bonchev–Trinajstić information content (AvgIpc) is 2.83. The Morgan fingerprint density at radius 2 is 2.11 bits per heavy atom. The van der Waals surface area contributed by atoms with Crippen molar-refractivity contribution < 1.29 is 0 Å². The first kappa shape index (κ1) is 14.2. The summed E-state index contributed by atoms with van der Waals surface area (Å²) in [7, 11) is 0. The fraction of sp³-hybridized carbons (Fsp3) is 0.533. The van der Waals surface area contributed by atoms with Crippen LogP contribution in [0.5, 0.6) is 0 Å². The second kappa shape index (κ2) is 5.41. The van der Waals surface area contributed by atoms with Crippen LogP contribution < -0.4 is 10.6 Å². The lowest BCUT2D eigenvalue weighted by Crippen LogP contribution is -2.28. The van der Waals surface area contributed by atoms with Gasteiger partial charge in [0.2, 0.25) is 0 Å². The van der Waals surface area contributed by atoms with Crippen LogP contribution in [-0.4, -0.2) is 18.9 Å². The summed E-state index contributed by atoms with van der Waals surface area (Å²) in [5.74, 6) is 0.0473. The first-order chi connectivity index (χ1) is 9.03. The van der Waals surface area contributed by atoms with Gasteiger partial charge in [-0.3, -0.25) is 5.41 Å². The molecule has 0 atom stereocenters. The molecule has 1 aliphatic rings. The molecule has 0 unspecified atom stereocenters. The third-order valence-electron chi connectivity index (χ3n) is 4.54. The van der Waals surface area contributed by atoms with Crippen molar-refractivity contribution in [2.45, 2.75) is 33.1 Å². The van der Waals surface area contributed by atoms with Gasteiger partial charge in [0.1, 0.15) is 5.84 Å². The van der Waals surface area contributed by atoms with Gasteiger partial charge in [-0.05, 0) is 36.8 Å². The van der Waals surface area contributed by atoms with Crippen LogP contribution in [0.25, 0.3) is 0 Å². The largest absolute Gasteiger partial charge is 0.384 e. The molecule has 3 nitrogen and oxygen atoms in total. The number of benzene rings is 1. The highest BCUT2D eigenvalue weighted by Crippen LogP contribution is 2.40. The quantitative estimate of drug-likeness (QED) is 0.653.